The molecule has 0 bridgehead atoms. The number of anilines is 1. The maximum Gasteiger partial charge on any atom is 0.230 e. The Hall–Kier alpha value is -1.97. The Morgan fingerprint density at radius 1 is 1.25 bits per heavy atom. The minimum absolute atomic E-state index is 0.0529. The van der Waals surface area contributed by atoms with E-state index in [0.717, 1.165) is 35.4 Å². The lowest BCUT2D eigenvalue weighted by atomic mass is 9.81. The average molecular weight is 272 g/mol. The second kappa shape index (κ2) is 4.85. The molecule has 106 valence electrons. The first-order valence-corrected chi connectivity index (χ1v) is 7.05. The molecule has 4 heteroatoms. The fourth-order valence-corrected chi connectivity index (χ4v) is 3.22. The Balaban J connectivity index is 2.16. The van der Waals surface area contributed by atoms with Crippen molar-refractivity contribution in [3.05, 3.63) is 30.0 Å². The Morgan fingerprint density at radius 3 is 2.65 bits per heavy atom. The van der Waals surface area contributed by atoms with Gasteiger partial charge in [-0.1, -0.05) is 43.1 Å². The molecule has 2 aromatic rings. The predicted molar refractivity (Wildman–Crippen MR) is 78.7 cm³/mol. The predicted octanol–water partition coefficient (Wildman–Crippen LogP) is 3.76. The molecular formula is C16H20N2O2. The zero-order valence-corrected chi connectivity index (χ0v) is 12.0. The molecular weight excluding hydrogens is 252 g/mol. The summed E-state index contributed by atoms with van der Waals surface area (Å²) >= 11 is 0. The van der Waals surface area contributed by atoms with Crippen LogP contribution in [-0.2, 0) is 5.41 Å². The maximum absolute atomic E-state index is 6.04. The third-order valence-corrected chi connectivity index (χ3v) is 4.37. The van der Waals surface area contributed by atoms with Gasteiger partial charge in [0.1, 0.15) is 5.75 Å². The van der Waals surface area contributed by atoms with Crippen LogP contribution in [0.5, 0.6) is 5.75 Å². The summed E-state index contributed by atoms with van der Waals surface area (Å²) in [6.07, 6.45) is 4.71. The van der Waals surface area contributed by atoms with Crippen LogP contribution in [-0.4, -0.2) is 12.3 Å². The summed E-state index contributed by atoms with van der Waals surface area (Å²) in [6.45, 7) is 2.25. The SMILES string of the molecule is COc1ccccc1-c1c(C2(C)CCCC2)noc1N. The van der Waals surface area contributed by atoms with Crippen molar-refractivity contribution in [1.29, 1.82) is 0 Å². The monoisotopic (exact) mass is 272 g/mol. The fourth-order valence-electron chi connectivity index (χ4n) is 3.22. The first-order valence-electron chi connectivity index (χ1n) is 7.05. The van der Waals surface area contributed by atoms with Crippen LogP contribution in [0.1, 0.15) is 38.3 Å². The number of nitrogen functional groups attached to an aromatic ring is 1. The minimum Gasteiger partial charge on any atom is -0.496 e. The number of para-hydroxylation sites is 1. The highest BCUT2D eigenvalue weighted by atomic mass is 16.5. The molecule has 1 saturated carbocycles. The first kappa shape index (κ1) is 13.0. The van der Waals surface area contributed by atoms with Gasteiger partial charge < -0.3 is 15.0 Å². The summed E-state index contributed by atoms with van der Waals surface area (Å²) in [4.78, 5) is 0. The van der Waals surface area contributed by atoms with Gasteiger partial charge >= 0.3 is 0 Å². The molecule has 1 aromatic carbocycles. The van der Waals surface area contributed by atoms with Crippen molar-refractivity contribution in [1.82, 2.24) is 5.16 Å². The van der Waals surface area contributed by atoms with E-state index < -0.39 is 0 Å². The molecule has 1 heterocycles. The lowest BCUT2D eigenvalue weighted by Gasteiger charge is -2.22. The van der Waals surface area contributed by atoms with Crippen molar-refractivity contribution in [2.24, 2.45) is 0 Å². The first-order chi connectivity index (χ1) is 9.65. The summed E-state index contributed by atoms with van der Waals surface area (Å²) in [6, 6.07) is 7.86. The maximum atomic E-state index is 6.04. The molecule has 0 aliphatic heterocycles. The molecule has 0 saturated heterocycles. The molecule has 2 N–H and O–H groups in total. The zero-order valence-electron chi connectivity index (χ0n) is 12.0. The molecule has 0 unspecified atom stereocenters. The number of nitrogens with two attached hydrogens (primary N) is 1. The largest absolute Gasteiger partial charge is 0.496 e. The van der Waals surface area contributed by atoms with Crippen LogP contribution in [0.15, 0.2) is 28.8 Å². The quantitative estimate of drug-likeness (QED) is 0.924. The molecule has 1 fully saturated rings. The molecule has 1 aliphatic rings. The number of hydrogen-bond acceptors (Lipinski definition) is 4. The number of methoxy groups -OCH3 is 1. The second-order valence-corrected chi connectivity index (χ2v) is 5.74. The van der Waals surface area contributed by atoms with Gasteiger partial charge in [0.15, 0.2) is 0 Å². The van der Waals surface area contributed by atoms with Crippen molar-refractivity contribution in [2.75, 3.05) is 12.8 Å². The number of hydrogen-bond donors (Lipinski definition) is 1. The molecule has 0 radical (unpaired) electrons. The standard InChI is InChI=1S/C16H20N2O2/c1-16(9-5-6-10-16)14-13(15(17)20-18-14)11-7-3-4-8-12(11)19-2/h3-4,7-8H,5-6,9-10,17H2,1-2H3. The van der Waals surface area contributed by atoms with Gasteiger partial charge in [0.05, 0.1) is 18.4 Å². The third-order valence-electron chi connectivity index (χ3n) is 4.37. The fraction of sp³-hybridized carbons (Fsp3) is 0.438. The van der Waals surface area contributed by atoms with Gasteiger partial charge in [-0.25, -0.2) is 0 Å². The Kier molecular flexibility index (Phi) is 3.16. The van der Waals surface area contributed by atoms with Gasteiger partial charge in [-0.05, 0) is 18.9 Å². The minimum atomic E-state index is 0.0529. The van der Waals surface area contributed by atoms with Gasteiger partial charge in [0, 0.05) is 11.0 Å². The van der Waals surface area contributed by atoms with Crippen LogP contribution in [0.3, 0.4) is 0 Å². The molecule has 3 rings (SSSR count). The summed E-state index contributed by atoms with van der Waals surface area (Å²) in [7, 11) is 1.67. The molecule has 20 heavy (non-hydrogen) atoms. The van der Waals surface area contributed by atoms with Crippen molar-refractivity contribution in [3.63, 3.8) is 0 Å². The number of ether oxygens (including phenoxy) is 1. The van der Waals surface area contributed by atoms with Crippen LogP contribution < -0.4 is 10.5 Å². The summed E-state index contributed by atoms with van der Waals surface area (Å²) < 4.78 is 10.7. The van der Waals surface area contributed by atoms with Crippen LogP contribution in [0.25, 0.3) is 11.1 Å². The van der Waals surface area contributed by atoms with Crippen molar-refractivity contribution in [3.8, 4) is 16.9 Å². The van der Waals surface area contributed by atoms with E-state index in [-0.39, 0.29) is 5.41 Å². The summed E-state index contributed by atoms with van der Waals surface area (Å²) in [5.41, 5.74) is 8.91. The van der Waals surface area contributed by atoms with Gasteiger partial charge in [-0.3, -0.25) is 0 Å². The topological polar surface area (TPSA) is 61.3 Å². The van der Waals surface area contributed by atoms with E-state index in [1.165, 1.54) is 12.8 Å². The van der Waals surface area contributed by atoms with Crippen molar-refractivity contribution < 1.29 is 9.26 Å². The number of aromatic nitrogens is 1. The van der Waals surface area contributed by atoms with E-state index in [2.05, 4.69) is 12.1 Å². The van der Waals surface area contributed by atoms with Crippen LogP contribution in [0, 0.1) is 0 Å². The Bertz CT molecular complexity index is 613. The summed E-state index contributed by atoms with van der Waals surface area (Å²) in [5, 5.41) is 4.27. The lowest BCUT2D eigenvalue weighted by Crippen LogP contribution is -2.18. The van der Waals surface area contributed by atoms with Crippen LogP contribution >= 0.6 is 0 Å². The van der Waals surface area contributed by atoms with Crippen LogP contribution in [0.4, 0.5) is 5.88 Å². The number of benzene rings is 1. The Labute approximate surface area is 118 Å². The highest BCUT2D eigenvalue weighted by Crippen LogP contribution is 2.47. The van der Waals surface area contributed by atoms with Gasteiger partial charge in [-0.15, -0.1) is 0 Å². The zero-order chi connectivity index (χ0) is 14.2. The highest BCUT2D eigenvalue weighted by molar-refractivity contribution is 5.80. The van der Waals surface area contributed by atoms with Crippen molar-refractivity contribution in [2.45, 2.75) is 38.0 Å². The summed E-state index contributed by atoms with van der Waals surface area (Å²) in [5.74, 6) is 1.17. The van der Waals surface area contributed by atoms with Gasteiger partial charge in [0.25, 0.3) is 0 Å². The molecule has 1 aliphatic carbocycles. The van der Waals surface area contributed by atoms with Crippen molar-refractivity contribution >= 4 is 5.88 Å². The number of nitrogens with zero attached hydrogens (tertiary/aromatic N) is 1. The van der Waals surface area contributed by atoms with E-state index in [0.29, 0.717) is 5.88 Å². The smallest absolute Gasteiger partial charge is 0.230 e. The van der Waals surface area contributed by atoms with E-state index >= 15 is 0 Å². The third kappa shape index (κ3) is 1.96. The van der Waals surface area contributed by atoms with Gasteiger partial charge in [-0.2, -0.15) is 0 Å². The number of rotatable bonds is 3. The van der Waals surface area contributed by atoms with E-state index in [1.807, 2.05) is 24.3 Å². The van der Waals surface area contributed by atoms with Crippen LogP contribution in [0.2, 0.25) is 0 Å². The molecule has 4 nitrogen and oxygen atoms in total. The van der Waals surface area contributed by atoms with Gasteiger partial charge in [0.2, 0.25) is 5.88 Å². The lowest BCUT2D eigenvalue weighted by molar-refractivity contribution is 0.386. The van der Waals surface area contributed by atoms with E-state index in [1.54, 1.807) is 7.11 Å². The highest BCUT2D eigenvalue weighted by Gasteiger charge is 2.37. The molecule has 0 spiro atoms. The molecule has 1 aromatic heterocycles. The molecule has 0 amide bonds. The second-order valence-electron chi connectivity index (χ2n) is 5.74. The molecule has 0 atom stereocenters. The average Bonchev–Trinajstić information content (AvgIpc) is 3.06. The van der Waals surface area contributed by atoms with E-state index in [9.17, 15) is 0 Å². The van der Waals surface area contributed by atoms with E-state index in [4.69, 9.17) is 15.0 Å². The Morgan fingerprint density at radius 2 is 1.95 bits per heavy atom. The normalized spacial score (nSPS) is 17.3.